The molecule has 6 heteroatoms. The topological polar surface area (TPSA) is 67.3 Å². The normalized spacial score (nSPS) is 18.4. The molecule has 0 saturated heterocycles. The molecule has 20 heavy (non-hydrogen) atoms. The summed E-state index contributed by atoms with van der Waals surface area (Å²) < 4.78 is 23.2. The average molecular weight is 296 g/mol. The molecule has 0 spiro atoms. The number of amides is 1. The Morgan fingerprint density at radius 1 is 1.40 bits per heavy atom. The predicted octanol–water partition coefficient (Wildman–Crippen LogP) is 1.57. The van der Waals surface area contributed by atoms with Crippen molar-refractivity contribution in [1.82, 2.24) is 9.88 Å². The van der Waals surface area contributed by atoms with Crippen molar-refractivity contribution in [3.05, 3.63) is 30.1 Å². The highest BCUT2D eigenvalue weighted by molar-refractivity contribution is 7.92. The van der Waals surface area contributed by atoms with Gasteiger partial charge in [0.05, 0.1) is 6.04 Å². The third-order valence-electron chi connectivity index (χ3n) is 3.77. The predicted molar refractivity (Wildman–Crippen MR) is 76.8 cm³/mol. The molecule has 0 aromatic carbocycles. The minimum atomic E-state index is -3.38. The maximum absolute atomic E-state index is 12.5. The van der Waals surface area contributed by atoms with Gasteiger partial charge < -0.3 is 4.90 Å². The van der Waals surface area contributed by atoms with Crippen LogP contribution in [0.2, 0.25) is 0 Å². The number of aromatic nitrogens is 1. The number of sulfone groups is 1. The molecule has 1 fully saturated rings. The highest BCUT2D eigenvalue weighted by Crippen LogP contribution is 2.35. The van der Waals surface area contributed by atoms with E-state index in [9.17, 15) is 13.2 Å². The van der Waals surface area contributed by atoms with Crippen molar-refractivity contribution >= 4 is 15.7 Å². The summed E-state index contributed by atoms with van der Waals surface area (Å²) in [6, 6.07) is 3.72. The number of pyridine rings is 1. The standard InChI is InChI=1S/C14H20N2O3S/c1-10(12-5-4-8-15-9-12)16(13-6-7-13)14(17)11(2)20(3,18)19/h4-5,8-11,13H,6-7H2,1-3H3/t10-,11+/m0/s1. The number of carbonyl (C=O) groups is 1. The Morgan fingerprint density at radius 3 is 2.50 bits per heavy atom. The fourth-order valence-corrected chi connectivity index (χ4v) is 2.70. The molecule has 0 unspecified atom stereocenters. The van der Waals surface area contributed by atoms with E-state index in [-0.39, 0.29) is 18.0 Å². The molecule has 1 amide bonds. The lowest BCUT2D eigenvalue weighted by Crippen LogP contribution is -2.43. The van der Waals surface area contributed by atoms with Gasteiger partial charge in [-0.1, -0.05) is 6.07 Å². The fraction of sp³-hybridized carbons (Fsp3) is 0.571. The van der Waals surface area contributed by atoms with Crippen LogP contribution in [0.4, 0.5) is 0 Å². The molecule has 1 aromatic heterocycles. The second-order valence-corrected chi connectivity index (χ2v) is 7.78. The third kappa shape index (κ3) is 3.17. The molecule has 2 rings (SSSR count). The second-order valence-electron chi connectivity index (χ2n) is 5.41. The summed E-state index contributed by atoms with van der Waals surface area (Å²) in [6.07, 6.45) is 6.38. The van der Waals surface area contributed by atoms with Crippen LogP contribution in [0, 0.1) is 0 Å². The van der Waals surface area contributed by atoms with E-state index in [1.54, 1.807) is 17.3 Å². The maximum atomic E-state index is 12.5. The molecule has 1 heterocycles. The largest absolute Gasteiger partial charge is 0.332 e. The third-order valence-corrected chi connectivity index (χ3v) is 5.25. The van der Waals surface area contributed by atoms with Gasteiger partial charge in [0.15, 0.2) is 9.84 Å². The zero-order valence-corrected chi connectivity index (χ0v) is 12.8. The number of hydrogen-bond donors (Lipinski definition) is 0. The number of nitrogens with zero attached hydrogens (tertiary/aromatic N) is 2. The lowest BCUT2D eigenvalue weighted by molar-refractivity contribution is -0.133. The van der Waals surface area contributed by atoms with Gasteiger partial charge in [-0.05, 0) is 38.3 Å². The van der Waals surface area contributed by atoms with Gasteiger partial charge in [0.1, 0.15) is 5.25 Å². The van der Waals surface area contributed by atoms with E-state index in [4.69, 9.17) is 0 Å². The van der Waals surface area contributed by atoms with Crippen LogP contribution in [0.3, 0.4) is 0 Å². The van der Waals surface area contributed by atoms with Crippen molar-refractivity contribution in [2.24, 2.45) is 0 Å². The van der Waals surface area contributed by atoms with Crippen LogP contribution < -0.4 is 0 Å². The molecule has 0 radical (unpaired) electrons. The summed E-state index contributed by atoms with van der Waals surface area (Å²) in [5.41, 5.74) is 0.924. The molecule has 0 bridgehead atoms. The van der Waals surface area contributed by atoms with Crippen molar-refractivity contribution in [2.75, 3.05) is 6.26 Å². The van der Waals surface area contributed by atoms with Crippen LogP contribution >= 0.6 is 0 Å². The molecule has 5 nitrogen and oxygen atoms in total. The number of hydrogen-bond acceptors (Lipinski definition) is 4. The first-order chi connectivity index (χ1) is 9.32. The lowest BCUT2D eigenvalue weighted by atomic mass is 10.1. The fourth-order valence-electron chi connectivity index (χ4n) is 2.22. The van der Waals surface area contributed by atoms with Gasteiger partial charge in [-0.25, -0.2) is 8.42 Å². The summed E-state index contributed by atoms with van der Waals surface area (Å²) in [5, 5.41) is -0.998. The Bertz CT molecular complexity index is 582. The lowest BCUT2D eigenvalue weighted by Gasteiger charge is -2.31. The van der Waals surface area contributed by atoms with Gasteiger partial charge in [-0.3, -0.25) is 9.78 Å². The maximum Gasteiger partial charge on any atom is 0.241 e. The first kappa shape index (κ1) is 15.0. The van der Waals surface area contributed by atoms with Crippen LogP contribution in [-0.2, 0) is 14.6 Å². The number of rotatable bonds is 5. The molecular formula is C14H20N2O3S. The van der Waals surface area contributed by atoms with Gasteiger partial charge >= 0.3 is 0 Å². The molecule has 0 N–H and O–H groups in total. The summed E-state index contributed by atoms with van der Waals surface area (Å²) in [5.74, 6) is -0.314. The molecular weight excluding hydrogens is 276 g/mol. The zero-order valence-electron chi connectivity index (χ0n) is 12.0. The van der Waals surface area contributed by atoms with Crippen molar-refractivity contribution in [3.63, 3.8) is 0 Å². The van der Waals surface area contributed by atoms with Crippen molar-refractivity contribution in [2.45, 2.75) is 44.0 Å². The molecule has 110 valence electrons. The van der Waals surface area contributed by atoms with Crippen molar-refractivity contribution in [3.8, 4) is 0 Å². The van der Waals surface area contributed by atoms with Crippen LogP contribution in [-0.4, -0.2) is 41.8 Å². The van der Waals surface area contributed by atoms with E-state index in [0.29, 0.717) is 0 Å². The molecule has 2 atom stereocenters. The van der Waals surface area contributed by atoms with E-state index in [0.717, 1.165) is 24.7 Å². The van der Waals surface area contributed by atoms with Crippen LogP contribution in [0.25, 0.3) is 0 Å². The Labute approximate surface area is 119 Å². The van der Waals surface area contributed by atoms with E-state index >= 15 is 0 Å². The highest BCUT2D eigenvalue weighted by Gasteiger charge is 2.40. The first-order valence-electron chi connectivity index (χ1n) is 6.73. The smallest absolute Gasteiger partial charge is 0.241 e. The van der Waals surface area contributed by atoms with Crippen LogP contribution in [0.5, 0.6) is 0 Å². The van der Waals surface area contributed by atoms with E-state index < -0.39 is 15.1 Å². The Morgan fingerprint density at radius 2 is 2.05 bits per heavy atom. The molecule has 1 aliphatic carbocycles. The second kappa shape index (κ2) is 5.52. The Balaban J connectivity index is 2.26. The monoisotopic (exact) mass is 296 g/mol. The average Bonchev–Trinajstić information content (AvgIpc) is 3.22. The summed E-state index contributed by atoms with van der Waals surface area (Å²) in [7, 11) is -3.38. The van der Waals surface area contributed by atoms with Gasteiger partial charge in [0.2, 0.25) is 5.91 Å². The summed E-state index contributed by atoms with van der Waals surface area (Å²) in [4.78, 5) is 18.3. The Kier molecular flexibility index (Phi) is 4.13. The van der Waals surface area contributed by atoms with Crippen LogP contribution in [0.1, 0.15) is 38.3 Å². The highest BCUT2D eigenvalue weighted by atomic mass is 32.2. The summed E-state index contributed by atoms with van der Waals surface area (Å²) >= 11 is 0. The van der Waals surface area contributed by atoms with E-state index in [1.807, 2.05) is 19.1 Å². The number of carbonyl (C=O) groups excluding carboxylic acids is 1. The molecule has 1 saturated carbocycles. The van der Waals surface area contributed by atoms with E-state index in [2.05, 4.69) is 4.98 Å². The first-order valence-corrected chi connectivity index (χ1v) is 8.68. The van der Waals surface area contributed by atoms with Gasteiger partial charge in [-0.15, -0.1) is 0 Å². The van der Waals surface area contributed by atoms with Gasteiger partial charge in [0, 0.05) is 24.7 Å². The van der Waals surface area contributed by atoms with Gasteiger partial charge in [-0.2, -0.15) is 0 Å². The van der Waals surface area contributed by atoms with Gasteiger partial charge in [0.25, 0.3) is 0 Å². The van der Waals surface area contributed by atoms with Crippen molar-refractivity contribution in [1.29, 1.82) is 0 Å². The SMILES string of the molecule is C[C@H](C(=O)N(C1CC1)[C@@H](C)c1cccnc1)S(C)(=O)=O. The minimum Gasteiger partial charge on any atom is -0.332 e. The van der Waals surface area contributed by atoms with Crippen molar-refractivity contribution < 1.29 is 13.2 Å². The Hall–Kier alpha value is -1.43. The molecule has 1 aromatic rings. The quantitative estimate of drug-likeness (QED) is 0.827. The zero-order chi connectivity index (χ0) is 14.9. The summed E-state index contributed by atoms with van der Waals surface area (Å²) in [6.45, 7) is 3.38. The van der Waals surface area contributed by atoms with Crippen LogP contribution in [0.15, 0.2) is 24.5 Å². The molecule has 0 aliphatic heterocycles. The molecule has 1 aliphatic rings. The minimum absolute atomic E-state index is 0.155. The van der Waals surface area contributed by atoms with E-state index in [1.165, 1.54) is 6.92 Å².